The highest BCUT2D eigenvalue weighted by atomic mass is 16.6. The Morgan fingerprint density at radius 1 is 1.04 bits per heavy atom. The van der Waals surface area contributed by atoms with Crippen molar-refractivity contribution < 1.29 is 14.3 Å². The molecule has 0 saturated heterocycles. The number of ether oxygens (including phenoxy) is 2. The van der Waals surface area contributed by atoms with Crippen molar-refractivity contribution in [3.63, 3.8) is 0 Å². The maximum absolute atomic E-state index is 12.5. The van der Waals surface area contributed by atoms with Crippen molar-refractivity contribution in [2.45, 2.75) is 13.0 Å². The van der Waals surface area contributed by atoms with Crippen LogP contribution in [0.5, 0.6) is 11.5 Å². The molecule has 0 spiro atoms. The van der Waals surface area contributed by atoms with Crippen LogP contribution in [-0.4, -0.2) is 24.1 Å². The fraction of sp³-hybridized carbons (Fsp3) is 0.200. The van der Waals surface area contributed by atoms with Crippen molar-refractivity contribution in [1.82, 2.24) is 10.3 Å². The molecule has 1 amide bonds. The number of hydrogen-bond donors (Lipinski definition) is 1. The Labute approximate surface area is 145 Å². The van der Waals surface area contributed by atoms with Gasteiger partial charge in [0.05, 0.1) is 11.6 Å². The summed E-state index contributed by atoms with van der Waals surface area (Å²) in [6, 6.07) is 16.9. The van der Waals surface area contributed by atoms with E-state index in [9.17, 15) is 4.79 Å². The average Bonchev–Trinajstić information content (AvgIpc) is 2.67. The molecule has 1 aromatic heterocycles. The van der Waals surface area contributed by atoms with Gasteiger partial charge in [0.2, 0.25) is 0 Å². The lowest BCUT2D eigenvalue weighted by Gasteiger charge is -2.21. The van der Waals surface area contributed by atoms with Crippen LogP contribution in [0.2, 0.25) is 0 Å². The van der Waals surface area contributed by atoms with Gasteiger partial charge in [-0.25, -0.2) is 4.98 Å². The Morgan fingerprint density at radius 3 is 2.72 bits per heavy atom. The molecule has 0 aliphatic carbocycles. The molecule has 1 atom stereocenters. The van der Waals surface area contributed by atoms with Crippen LogP contribution in [-0.2, 0) is 0 Å². The minimum atomic E-state index is -0.201. The number of benzene rings is 2. The van der Waals surface area contributed by atoms with Crippen molar-refractivity contribution in [3.05, 3.63) is 65.9 Å². The molecule has 2 aromatic carbocycles. The number of carbonyl (C=O) groups is 1. The lowest BCUT2D eigenvalue weighted by atomic mass is 10.1. The largest absolute Gasteiger partial charge is 0.486 e. The van der Waals surface area contributed by atoms with E-state index >= 15 is 0 Å². The maximum atomic E-state index is 12.5. The first-order chi connectivity index (χ1) is 12.2. The zero-order chi connectivity index (χ0) is 17.2. The van der Waals surface area contributed by atoms with Crippen LogP contribution in [0.15, 0.2) is 54.6 Å². The number of nitrogens with one attached hydrogen (secondary N) is 1. The molecule has 126 valence electrons. The van der Waals surface area contributed by atoms with Gasteiger partial charge >= 0.3 is 0 Å². The molecular weight excluding hydrogens is 316 g/mol. The Kier molecular flexibility index (Phi) is 3.98. The summed E-state index contributed by atoms with van der Waals surface area (Å²) < 4.78 is 11.1. The van der Waals surface area contributed by atoms with E-state index < -0.39 is 0 Å². The Morgan fingerprint density at radius 2 is 1.84 bits per heavy atom. The van der Waals surface area contributed by atoms with Gasteiger partial charge in [-0.3, -0.25) is 4.79 Å². The first kappa shape index (κ1) is 15.4. The summed E-state index contributed by atoms with van der Waals surface area (Å²) in [6.07, 6.45) is 0. The fourth-order valence-corrected chi connectivity index (χ4v) is 2.88. The van der Waals surface area contributed by atoms with Crippen molar-refractivity contribution in [3.8, 4) is 11.5 Å². The van der Waals surface area contributed by atoms with Crippen LogP contribution in [0.3, 0.4) is 0 Å². The lowest BCUT2D eigenvalue weighted by Crippen LogP contribution is -2.27. The molecule has 2 heterocycles. The quantitative estimate of drug-likeness (QED) is 0.796. The van der Waals surface area contributed by atoms with Gasteiger partial charge in [0.1, 0.15) is 18.9 Å². The first-order valence-electron chi connectivity index (χ1n) is 8.27. The lowest BCUT2D eigenvalue weighted by molar-refractivity contribution is 0.0935. The maximum Gasteiger partial charge on any atom is 0.270 e. The minimum Gasteiger partial charge on any atom is -0.486 e. The van der Waals surface area contributed by atoms with Crippen LogP contribution >= 0.6 is 0 Å². The number of hydrogen-bond acceptors (Lipinski definition) is 4. The number of fused-ring (bicyclic) bond motifs is 2. The molecule has 0 bridgehead atoms. The molecule has 1 aliphatic rings. The number of rotatable bonds is 3. The van der Waals surface area contributed by atoms with Crippen LogP contribution < -0.4 is 14.8 Å². The number of para-hydroxylation sites is 1. The van der Waals surface area contributed by atoms with Gasteiger partial charge in [-0.2, -0.15) is 0 Å². The van der Waals surface area contributed by atoms with Gasteiger partial charge in [-0.05, 0) is 36.8 Å². The minimum absolute atomic E-state index is 0.170. The standard InChI is InChI=1S/C20H18N2O3/c1-13(15-7-9-18-19(12-15)25-11-10-24-18)21-20(23)17-8-6-14-4-2-3-5-16(14)22-17/h2-9,12-13H,10-11H2,1H3,(H,21,23). The molecule has 5 nitrogen and oxygen atoms in total. The van der Waals surface area contributed by atoms with E-state index in [0.717, 1.165) is 22.2 Å². The fourth-order valence-electron chi connectivity index (χ4n) is 2.88. The second-order valence-corrected chi connectivity index (χ2v) is 5.99. The topological polar surface area (TPSA) is 60.5 Å². The van der Waals surface area contributed by atoms with Gasteiger partial charge in [0.25, 0.3) is 5.91 Å². The predicted molar refractivity (Wildman–Crippen MR) is 95.1 cm³/mol. The van der Waals surface area contributed by atoms with Crippen LogP contribution in [0, 0.1) is 0 Å². The summed E-state index contributed by atoms with van der Waals surface area (Å²) in [4.78, 5) is 17.0. The highest BCUT2D eigenvalue weighted by molar-refractivity contribution is 5.95. The molecule has 0 fully saturated rings. The summed E-state index contributed by atoms with van der Waals surface area (Å²) in [6.45, 7) is 3.04. The summed E-state index contributed by atoms with van der Waals surface area (Å²) in [5.41, 5.74) is 2.17. The zero-order valence-electron chi connectivity index (χ0n) is 13.9. The number of aromatic nitrogens is 1. The SMILES string of the molecule is CC(NC(=O)c1ccc2ccccc2n1)c1ccc2c(c1)OCCO2. The summed E-state index contributed by atoms with van der Waals surface area (Å²) >= 11 is 0. The van der Waals surface area contributed by atoms with Gasteiger partial charge < -0.3 is 14.8 Å². The van der Waals surface area contributed by atoms with E-state index in [1.165, 1.54) is 0 Å². The van der Waals surface area contributed by atoms with Gasteiger partial charge in [-0.15, -0.1) is 0 Å². The van der Waals surface area contributed by atoms with Crippen molar-refractivity contribution in [2.75, 3.05) is 13.2 Å². The predicted octanol–water partition coefficient (Wildman–Crippen LogP) is 3.50. The van der Waals surface area contributed by atoms with E-state index in [1.54, 1.807) is 6.07 Å². The van der Waals surface area contributed by atoms with Gasteiger partial charge in [-0.1, -0.05) is 30.3 Å². The second-order valence-electron chi connectivity index (χ2n) is 5.99. The summed E-state index contributed by atoms with van der Waals surface area (Å²) in [5.74, 6) is 1.26. The molecule has 1 N–H and O–H groups in total. The molecule has 5 heteroatoms. The molecule has 4 rings (SSSR count). The van der Waals surface area contributed by atoms with E-state index in [-0.39, 0.29) is 11.9 Å². The summed E-state index contributed by atoms with van der Waals surface area (Å²) in [7, 11) is 0. The average molecular weight is 334 g/mol. The smallest absolute Gasteiger partial charge is 0.270 e. The summed E-state index contributed by atoms with van der Waals surface area (Å²) in [5, 5.41) is 4.00. The van der Waals surface area contributed by atoms with Crippen molar-refractivity contribution >= 4 is 16.8 Å². The van der Waals surface area contributed by atoms with Crippen LogP contribution in [0.4, 0.5) is 0 Å². The van der Waals surface area contributed by atoms with E-state index in [4.69, 9.17) is 9.47 Å². The Balaban J connectivity index is 1.53. The van der Waals surface area contributed by atoms with Crippen molar-refractivity contribution in [2.24, 2.45) is 0 Å². The third-order valence-electron chi connectivity index (χ3n) is 4.24. The van der Waals surface area contributed by atoms with Gasteiger partial charge in [0.15, 0.2) is 11.5 Å². The highest BCUT2D eigenvalue weighted by Crippen LogP contribution is 2.32. The highest BCUT2D eigenvalue weighted by Gasteiger charge is 2.17. The molecule has 0 saturated carbocycles. The second kappa shape index (κ2) is 6.43. The van der Waals surface area contributed by atoms with E-state index in [2.05, 4.69) is 10.3 Å². The monoisotopic (exact) mass is 334 g/mol. The molecule has 1 aliphatic heterocycles. The van der Waals surface area contributed by atoms with E-state index in [1.807, 2.05) is 55.5 Å². The molecule has 3 aromatic rings. The third-order valence-corrected chi connectivity index (χ3v) is 4.24. The van der Waals surface area contributed by atoms with Crippen LogP contribution in [0.25, 0.3) is 10.9 Å². The molecule has 25 heavy (non-hydrogen) atoms. The normalized spacial score (nSPS) is 14.1. The van der Waals surface area contributed by atoms with Crippen LogP contribution in [0.1, 0.15) is 29.0 Å². The van der Waals surface area contributed by atoms with Crippen molar-refractivity contribution in [1.29, 1.82) is 0 Å². The van der Waals surface area contributed by atoms with Gasteiger partial charge in [0, 0.05) is 5.39 Å². The number of carbonyl (C=O) groups excluding carboxylic acids is 1. The first-order valence-corrected chi connectivity index (χ1v) is 8.27. The Hall–Kier alpha value is -3.08. The number of amides is 1. The molecular formula is C20H18N2O3. The zero-order valence-corrected chi connectivity index (χ0v) is 13.9. The third kappa shape index (κ3) is 3.13. The molecule has 1 unspecified atom stereocenters. The molecule has 0 radical (unpaired) electrons. The Bertz CT molecular complexity index is 939. The van der Waals surface area contributed by atoms with E-state index in [0.29, 0.717) is 24.7 Å². The number of nitrogens with zero attached hydrogens (tertiary/aromatic N) is 1. The number of pyridine rings is 1.